The minimum atomic E-state index is -1.48. The third-order valence-electron chi connectivity index (χ3n) is 2.15. The lowest BCUT2D eigenvalue weighted by Crippen LogP contribution is -2.30. The zero-order chi connectivity index (χ0) is 12.3. The van der Waals surface area contributed by atoms with Crippen LogP contribution in [0, 0.1) is 5.41 Å². The molecule has 0 saturated heterocycles. The van der Waals surface area contributed by atoms with Crippen LogP contribution in [0.4, 0.5) is 5.69 Å². The van der Waals surface area contributed by atoms with E-state index in [0.29, 0.717) is 11.2 Å². The van der Waals surface area contributed by atoms with Crippen LogP contribution in [-0.2, 0) is 4.79 Å². The first kappa shape index (κ1) is 12.7. The predicted octanol–water partition coefficient (Wildman–Crippen LogP) is 0.351. The lowest BCUT2D eigenvalue weighted by molar-refractivity contribution is -0.123. The molecule has 0 aliphatic rings. The molecule has 3 N–H and O–H groups in total. The summed E-state index contributed by atoms with van der Waals surface area (Å²) < 4.78 is 0. The molecule has 0 heterocycles. The summed E-state index contributed by atoms with van der Waals surface area (Å²) in [6.07, 6.45) is 0. The lowest BCUT2D eigenvalue weighted by atomic mass is 9.80. The van der Waals surface area contributed by atoms with Crippen molar-refractivity contribution in [3.05, 3.63) is 24.3 Å². The molecule has 4 nitrogen and oxygen atoms in total. The summed E-state index contributed by atoms with van der Waals surface area (Å²) in [5, 5.41) is 20.5. The Labute approximate surface area is 95.4 Å². The molecule has 0 fully saturated rings. The maximum Gasteiger partial charge on any atom is 0.488 e. The number of anilines is 1. The second-order valence-corrected chi connectivity index (χ2v) is 4.70. The fourth-order valence-electron chi connectivity index (χ4n) is 1.06. The summed E-state index contributed by atoms with van der Waals surface area (Å²) in [4.78, 5) is 11.6. The van der Waals surface area contributed by atoms with Crippen molar-refractivity contribution in [3.8, 4) is 0 Å². The number of hydrogen-bond acceptors (Lipinski definition) is 3. The zero-order valence-corrected chi connectivity index (χ0v) is 9.69. The van der Waals surface area contributed by atoms with Crippen molar-refractivity contribution in [3.63, 3.8) is 0 Å². The molecule has 16 heavy (non-hydrogen) atoms. The molecule has 0 radical (unpaired) electrons. The Balaban J connectivity index is 2.73. The van der Waals surface area contributed by atoms with E-state index >= 15 is 0 Å². The van der Waals surface area contributed by atoms with Crippen molar-refractivity contribution in [2.45, 2.75) is 20.8 Å². The highest BCUT2D eigenvalue weighted by atomic mass is 16.4. The first-order valence-corrected chi connectivity index (χ1v) is 5.08. The summed E-state index contributed by atoms with van der Waals surface area (Å²) >= 11 is 0. The summed E-state index contributed by atoms with van der Waals surface area (Å²) in [6.45, 7) is 5.48. The van der Waals surface area contributed by atoms with E-state index in [9.17, 15) is 4.79 Å². The van der Waals surface area contributed by atoms with Crippen molar-refractivity contribution in [1.82, 2.24) is 0 Å². The summed E-state index contributed by atoms with van der Waals surface area (Å²) in [5.41, 5.74) is 0.591. The largest absolute Gasteiger partial charge is 0.488 e. The van der Waals surface area contributed by atoms with Crippen molar-refractivity contribution in [2.24, 2.45) is 5.41 Å². The van der Waals surface area contributed by atoms with Gasteiger partial charge in [-0.1, -0.05) is 32.9 Å². The van der Waals surface area contributed by atoms with E-state index in [1.54, 1.807) is 24.3 Å². The summed E-state index contributed by atoms with van der Waals surface area (Å²) in [6, 6.07) is 6.39. The standard InChI is InChI=1S/C11H16BNO3/c1-11(2,3)10(14)13-9-6-4-8(5-7-9)12(15)16/h4-7,15-16H,1-3H3,(H,13,14). The molecular weight excluding hydrogens is 205 g/mol. The molecule has 5 heteroatoms. The lowest BCUT2D eigenvalue weighted by Gasteiger charge is -2.17. The molecule has 86 valence electrons. The number of carbonyl (C=O) groups excluding carboxylic acids is 1. The Morgan fingerprint density at radius 1 is 1.19 bits per heavy atom. The zero-order valence-electron chi connectivity index (χ0n) is 9.69. The molecule has 0 atom stereocenters. The summed E-state index contributed by atoms with van der Waals surface area (Å²) in [5.74, 6) is -0.0789. The maximum atomic E-state index is 11.6. The van der Waals surface area contributed by atoms with Crippen LogP contribution in [0.3, 0.4) is 0 Å². The summed E-state index contributed by atoms with van der Waals surface area (Å²) in [7, 11) is -1.48. The fraction of sp³-hybridized carbons (Fsp3) is 0.364. The molecule has 1 aromatic rings. The van der Waals surface area contributed by atoms with E-state index in [0.717, 1.165) is 0 Å². The molecule has 0 saturated carbocycles. The van der Waals surface area contributed by atoms with Crippen molar-refractivity contribution >= 4 is 24.2 Å². The Kier molecular flexibility index (Phi) is 3.72. The van der Waals surface area contributed by atoms with Crippen molar-refractivity contribution in [2.75, 3.05) is 5.32 Å². The third kappa shape index (κ3) is 3.36. The Hall–Kier alpha value is -1.33. The number of carbonyl (C=O) groups is 1. The van der Waals surface area contributed by atoms with Crippen molar-refractivity contribution < 1.29 is 14.8 Å². The van der Waals surface area contributed by atoms with Gasteiger partial charge in [-0.2, -0.15) is 0 Å². The van der Waals surface area contributed by atoms with Gasteiger partial charge in [0.1, 0.15) is 0 Å². The minimum absolute atomic E-state index is 0.0789. The van der Waals surface area contributed by atoms with Gasteiger partial charge in [-0.05, 0) is 17.6 Å². The molecular formula is C11H16BNO3. The normalized spacial score (nSPS) is 11.1. The van der Waals surface area contributed by atoms with Crippen LogP contribution < -0.4 is 10.8 Å². The molecule has 1 aromatic carbocycles. The molecule has 0 unspecified atom stereocenters. The van der Waals surface area contributed by atoms with Crippen LogP contribution in [0.1, 0.15) is 20.8 Å². The molecule has 0 bridgehead atoms. The van der Waals surface area contributed by atoms with Crippen LogP contribution >= 0.6 is 0 Å². The Morgan fingerprint density at radius 3 is 2.06 bits per heavy atom. The number of rotatable bonds is 2. The van der Waals surface area contributed by atoms with Crippen molar-refractivity contribution in [1.29, 1.82) is 0 Å². The van der Waals surface area contributed by atoms with Crippen LogP contribution in [0.2, 0.25) is 0 Å². The number of nitrogens with one attached hydrogen (secondary N) is 1. The molecule has 0 aliphatic heterocycles. The van der Waals surface area contributed by atoms with Gasteiger partial charge >= 0.3 is 7.12 Å². The van der Waals surface area contributed by atoms with Gasteiger partial charge in [0, 0.05) is 11.1 Å². The monoisotopic (exact) mass is 221 g/mol. The third-order valence-corrected chi connectivity index (χ3v) is 2.15. The molecule has 0 aromatic heterocycles. The smallest absolute Gasteiger partial charge is 0.423 e. The van der Waals surface area contributed by atoms with Crippen LogP contribution in [0.5, 0.6) is 0 Å². The van der Waals surface area contributed by atoms with E-state index in [4.69, 9.17) is 10.0 Å². The van der Waals surface area contributed by atoms with E-state index in [1.807, 2.05) is 20.8 Å². The average Bonchev–Trinajstić information content (AvgIpc) is 2.17. The van der Waals surface area contributed by atoms with E-state index in [2.05, 4.69) is 5.32 Å². The van der Waals surface area contributed by atoms with Gasteiger partial charge < -0.3 is 15.4 Å². The molecule has 1 amide bonds. The second kappa shape index (κ2) is 4.68. The highest BCUT2D eigenvalue weighted by molar-refractivity contribution is 6.58. The van der Waals surface area contributed by atoms with Crippen LogP contribution in [0.25, 0.3) is 0 Å². The first-order chi connectivity index (χ1) is 7.30. The number of amides is 1. The second-order valence-electron chi connectivity index (χ2n) is 4.70. The number of hydrogen-bond donors (Lipinski definition) is 3. The number of benzene rings is 1. The van der Waals surface area contributed by atoms with Gasteiger partial charge in [0.05, 0.1) is 0 Å². The quantitative estimate of drug-likeness (QED) is 0.631. The highest BCUT2D eigenvalue weighted by Gasteiger charge is 2.21. The van der Waals surface area contributed by atoms with Gasteiger partial charge in [0.15, 0.2) is 0 Å². The maximum absolute atomic E-state index is 11.6. The van der Waals surface area contributed by atoms with E-state index < -0.39 is 12.5 Å². The van der Waals surface area contributed by atoms with Crippen LogP contribution in [-0.4, -0.2) is 23.1 Å². The molecule has 0 aliphatic carbocycles. The van der Waals surface area contributed by atoms with E-state index in [-0.39, 0.29) is 5.91 Å². The predicted molar refractivity (Wildman–Crippen MR) is 64.4 cm³/mol. The van der Waals surface area contributed by atoms with E-state index in [1.165, 1.54) is 0 Å². The van der Waals surface area contributed by atoms with Gasteiger partial charge in [-0.15, -0.1) is 0 Å². The Bertz CT molecular complexity index is 368. The fourth-order valence-corrected chi connectivity index (χ4v) is 1.06. The molecule has 0 spiro atoms. The minimum Gasteiger partial charge on any atom is -0.423 e. The first-order valence-electron chi connectivity index (χ1n) is 5.08. The molecule has 1 rings (SSSR count). The van der Waals surface area contributed by atoms with Crippen LogP contribution in [0.15, 0.2) is 24.3 Å². The average molecular weight is 221 g/mol. The topological polar surface area (TPSA) is 69.6 Å². The SMILES string of the molecule is CC(C)(C)C(=O)Nc1ccc(B(O)O)cc1. The Morgan fingerprint density at radius 2 is 1.69 bits per heavy atom. The van der Waals surface area contributed by atoms with Gasteiger partial charge in [0.2, 0.25) is 5.91 Å². The van der Waals surface area contributed by atoms with Gasteiger partial charge in [-0.3, -0.25) is 4.79 Å². The van der Waals surface area contributed by atoms with Gasteiger partial charge in [0.25, 0.3) is 0 Å². The highest BCUT2D eigenvalue weighted by Crippen LogP contribution is 2.16. The van der Waals surface area contributed by atoms with Gasteiger partial charge in [-0.25, -0.2) is 0 Å².